The number of rotatable bonds is 4. The number of benzene rings is 1. The van der Waals surface area contributed by atoms with E-state index in [1.54, 1.807) is 18.2 Å². The molecule has 7 heteroatoms. The van der Waals surface area contributed by atoms with E-state index < -0.39 is 5.91 Å². The Hall–Kier alpha value is -1.98. The van der Waals surface area contributed by atoms with Gasteiger partial charge in [0.2, 0.25) is 0 Å². The van der Waals surface area contributed by atoms with Crippen LogP contribution in [0.4, 0.5) is 5.69 Å². The highest BCUT2D eigenvalue weighted by Gasteiger charge is 2.13. The number of nitrogens with zero attached hydrogens (tertiary/aromatic N) is 1. The molecule has 0 saturated heterocycles. The zero-order chi connectivity index (χ0) is 15.4. The Morgan fingerprint density at radius 2 is 1.86 bits per heavy atom. The van der Waals surface area contributed by atoms with E-state index in [-0.39, 0.29) is 15.7 Å². The smallest absolute Gasteiger partial charge is 0.257 e. The lowest BCUT2D eigenvalue weighted by molar-refractivity contribution is 0.102. The van der Waals surface area contributed by atoms with E-state index in [1.165, 1.54) is 26.5 Å². The van der Waals surface area contributed by atoms with Crippen LogP contribution in [-0.4, -0.2) is 25.1 Å². The molecule has 1 aromatic carbocycles. The Bertz CT molecular complexity index is 677. The predicted octanol–water partition coefficient (Wildman–Crippen LogP) is 3.66. The number of carbonyl (C=O) groups excluding carboxylic acids is 1. The molecular formula is C14H12Cl2N2O3. The molecule has 0 atom stereocenters. The lowest BCUT2D eigenvalue weighted by Crippen LogP contribution is -2.13. The van der Waals surface area contributed by atoms with Crippen molar-refractivity contribution in [3.63, 3.8) is 0 Å². The van der Waals surface area contributed by atoms with E-state index >= 15 is 0 Å². The van der Waals surface area contributed by atoms with E-state index in [4.69, 9.17) is 32.7 Å². The Labute approximate surface area is 131 Å². The van der Waals surface area contributed by atoms with Crippen LogP contribution in [0.15, 0.2) is 30.5 Å². The number of carbonyl (C=O) groups is 1. The Kier molecular flexibility index (Phi) is 4.88. The average molecular weight is 327 g/mol. The molecule has 0 saturated carbocycles. The molecule has 2 aromatic rings. The van der Waals surface area contributed by atoms with Crippen LogP contribution in [0.5, 0.6) is 11.5 Å². The molecule has 0 aliphatic heterocycles. The topological polar surface area (TPSA) is 60.5 Å². The van der Waals surface area contributed by atoms with Crippen LogP contribution in [0, 0.1) is 0 Å². The zero-order valence-electron chi connectivity index (χ0n) is 11.3. The van der Waals surface area contributed by atoms with Crippen molar-refractivity contribution in [1.82, 2.24) is 4.98 Å². The lowest BCUT2D eigenvalue weighted by atomic mass is 10.2. The normalized spacial score (nSPS) is 10.1. The number of halogens is 2. The summed E-state index contributed by atoms with van der Waals surface area (Å²) >= 11 is 11.7. The van der Waals surface area contributed by atoms with Crippen molar-refractivity contribution in [2.45, 2.75) is 0 Å². The highest BCUT2D eigenvalue weighted by Crippen LogP contribution is 2.30. The van der Waals surface area contributed by atoms with Crippen molar-refractivity contribution in [1.29, 1.82) is 0 Å². The van der Waals surface area contributed by atoms with Crippen molar-refractivity contribution in [2.24, 2.45) is 0 Å². The van der Waals surface area contributed by atoms with Gasteiger partial charge in [-0.3, -0.25) is 4.79 Å². The number of methoxy groups -OCH3 is 2. The number of aromatic nitrogens is 1. The van der Waals surface area contributed by atoms with Crippen molar-refractivity contribution in [2.75, 3.05) is 19.5 Å². The Morgan fingerprint density at radius 1 is 1.14 bits per heavy atom. The van der Waals surface area contributed by atoms with Gasteiger partial charge in [0.05, 0.1) is 24.8 Å². The number of pyridine rings is 1. The van der Waals surface area contributed by atoms with Gasteiger partial charge in [-0.1, -0.05) is 23.2 Å². The van der Waals surface area contributed by atoms with Gasteiger partial charge in [-0.2, -0.15) is 0 Å². The molecule has 1 amide bonds. The molecule has 0 radical (unpaired) electrons. The van der Waals surface area contributed by atoms with Crippen LogP contribution >= 0.6 is 23.2 Å². The second kappa shape index (κ2) is 6.65. The summed E-state index contributed by atoms with van der Waals surface area (Å²) in [6.07, 6.45) is 1.33. The standard InChI is InChI=1S/C14H12Cl2N2O3/c1-20-11-4-3-8(5-12(11)21-2)18-14(19)9-6-13(16)17-7-10(9)15/h3-7H,1-2H3,(H,18,19). The van der Waals surface area contributed by atoms with Crippen molar-refractivity contribution >= 4 is 34.8 Å². The van der Waals surface area contributed by atoms with Gasteiger partial charge in [0.15, 0.2) is 11.5 Å². The van der Waals surface area contributed by atoms with Crippen LogP contribution in [-0.2, 0) is 0 Å². The number of nitrogens with one attached hydrogen (secondary N) is 1. The second-order valence-electron chi connectivity index (χ2n) is 4.01. The first-order chi connectivity index (χ1) is 10.0. The summed E-state index contributed by atoms with van der Waals surface area (Å²) in [5.41, 5.74) is 0.785. The predicted molar refractivity (Wildman–Crippen MR) is 81.8 cm³/mol. The fraction of sp³-hybridized carbons (Fsp3) is 0.143. The van der Waals surface area contributed by atoms with Gasteiger partial charge in [-0.25, -0.2) is 4.98 Å². The summed E-state index contributed by atoms with van der Waals surface area (Å²) < 4.78 is 10.3. The molecule has 0 bridgehead atoms. The van der Waals surface area contributed by atoms with Gasteiger partial charge in [0.1, 0.15) is 5.15 Å². The van der Waals surface area contributed by atoms with Crippen LogP contribution in [0.3, 0.4) is 0 Å². The van der Waals surface area contributed by atoms with Crippen LogP contribution in [0.2, 0.25) is 10.2 Å². The molecule has 0 spiro atoms. The number of anilines is 1. The molecule has 110 valence electrons. The summed E-state index contributed by atoms with van der Waals surface area (Å²) in [4.78, 5) is 16.0. The maximum Gasteiger partial charge on any atom is 0.257 e. The second-order valence-corrected chi connectivity index (χ2v) is 4.81. The Balaban J connectivity index is 2.25. The van der Waals surface area contributed by atoms with Gasteiger partial charge < -0.3 is 14.8 Å². The minimum absolute atomic E-state index is 0.192. The lowest BCUT2D eigenvalue weighted by Gasteiger charge is -2.11. The molecule has 1 aromatic heterocycles. The van der Waals surface area contributed by atoms with E-state index in [0.29, 0.717) is 17.2 Å². The van der Waals surface area contributed by atoms with Crippen molar-refractivity contribution in [3.8, 4) is 11.5 Å². The number of hydrogen-bond acceptors (Lipinski definition) is 4. The van der Waals surface area contributed by atoms with Crippen molar-refractivity contribution < 1.29 is 14.3 Å². The van der Waals surface area contributed by atoms with E-state index in [9.17, 15) is 4.79 Å². The molecule has 0 aliphatic carbocycles. The molecule has 5 nitrogen and oxygen atoms in total. The van der Waals surface area contributed by atoms with Crippen LogP contribution in [0.1, 0.15) is 10.4 Å². The minimum atomic E-state index is -0.392. The first kappa shape index (κ1) is 15.4. The van der Waals surface area contributed by atoms with Gasteiger partial charge in [0, 0.05) is 18.0 Å². The summed E-state index contributed by atoms with van der Waals surface area (Å²) in [7, 11) is 3.05. The first-order valence-electron chi connectivity index (χ1n) is 5.89. The van der Waals surface area contributed by atoms with Gasteiger partial charge in [-0.05, 0) is 18.2 Å². The average Bonchev–Trinajstić information content (AvgIpc) is 2.49. The third-order valence-electron chi connectivity index (χ3n) is 2.71. The summed E-state index contributed by atoms with van der Waals surface area (Å²) in [6.45, 7) is 0. The third-order valence-corrected chi connectivity index (χ3v) is 3.22. The molecule has 2 rings (SSSR count). The largest absolute Gasteiger partial charge is 0.493 e. The fourth-order valence-electron chi connectivity index (χ4n) is 1.70. The summed E-state index contributed by atoms with van der Waals surface area (Å²) in [5.74, 6) is 0.686. The number of hydrogen-bond donors (Lipinski definition) is 1. The maximum atomic E-state index is 12.2. The van der Waals surface area contributed by atoms with Gasteiger partial charge in [0.25, 0.3) is 5.91 Å². The Morgan fingerprint density at radius 3 is 2.52 bits per heavy atom. The highest BCUT2D eigenvalue weighted by molar-refractivity contribution is 6.35. The molecule has 0 fully saturated rings. The maximum absolute atomic E-state index is 12.2. The minimum Gasteiger partial charge on any atom is -0.493 e. The zero-order valence-corrected chi connectivity index (χ0v) is 12.8. The fourth-order valence-corrected chi connectivity index (χ4v) is 2.05. The number of ether oxygens (including phenoxy) is 2. The molecule has 21 heavy (non-hydrogen) atoms. The summed E-state index contributed by atoms with van der Waals surface area (Å²) in [5, 5.41) is 3.12. The quantitative estimate of drug-likeness (QED) is 0.871. The van der Waals surface area contributed by atoms with E-state index in [2.05, 4.69) is 10.3 Å². The molecule has 1 N–H and O–H groups in total. The first-order valence-corrected chi connectivity index (χ1v) is 6.65. The molecule has 1 heterocycles. The molecule has 0 unspecified atom stereocenters. The van der Waals surface area contributed by atoms with E-state index in [1.807, 2.05) is 0 Å². The van der Waals surface area contributed by atoms with Crippen LogP contribution in [0.25, 0.3) is 0 Å². The summed E-state index contributed by atoms with van der Waals surface area (Å²) in [6, 6.07) is 6.43. The van der Waals surface area contributed by atoms with Crippen LogP contribution < -0.4 is 14.8 Å². The third kappa shape index (κ3) is 3.56. The SMILES string of the molecule is COc1ccc(NC(=O)c2cc(Cl)ncc2Cl)cc1OC. The van der Waals surface area contributed by atoms with Gasteiger partial charge in [-0.15, -0.1) is 0 Å². The number of amides is 1. The van der Waals surface area contributed by atoms with Gasteiger partial charge >= 0.3 is 0 Å². The van der Waals surface area contributed by atoms with Crippen molar-refractivity contribution in [3.05, 3.63) is 46.2 Å². The molecular weight excluding hydrogens is 315 g/mol. The monoisotopic (exact) mass is 326 g/mol. The van der Waals surface area contributed by atoms with E-state index in [0.717, 1.165) is 0 Å². The molecule has 0 aliphatic rings. The highest BCUT2D eigenvalue weighted by atomic mass is 35.5.